The van der Waals surface area contributed by atoms with Crippen molar-refractivity contribution in [2.75, 3.05) is 26.2 Å². The third kappa shape index (κ3) is 3.93. The van der Waals surface area contributed by atoms with Gasteiger partial charge in [0.25, 0.3) is 0 Å². The summed E-state index contributed by atoms with van der Waals surface area (Å²) in [5.41, 5.74) is -0.781. The van der Waals surface area contributed by atoms with Gasteiger partial charge in [-0.2, -0.15) is 13.2 Å². The van der Waals surface area contributed by atoms with Crippen LogP contribution >= 0.6 is 0 Å². The molecule has 4 aliphatic rings. The highest BCUT2D eigenvalue weighted by Gasteiger charge is 2.56. The Kier molecular flexibility index (Phi) is 4.91. The highest BCUT2D eigenvalue weighted by molar-refractivity contribution is 5.76. The minimum absolute atomic E-state index is 0.00101. The summed E-state index contributed by atoms with van der Waals surface area (Å²) in [4.78, 5) is 19.7. The lowest BCUT2D eigenvalue weighted by molar-refractivity contribution is -0.138. The van der Waals surface area contributed by atoms with Crippen LogP contribution in [0.1, 0.15) is 60.3 Å². The molecule has 7 nitrogen and oxygen atoms in total. The standard InChI is InChI=1S/C23H26F4N6O/c24-16-4-3-14(18(5-16)23(25,26)27)8-28-17-9-32(10-17)21(34)33-11-22(12-33)6-15(7-22)20-29-19(30-31-20)13-1-2-13/h3-5,13,15,17,28H,1-2,6-12H2,(H,29,30,31). The average molecular weight is 478 g/mol. The van der Waals surface area contributed by atoms with Gasteiger partial charge >= 0.3 is 12.2 Å². The monoisotopic (exact) mass is 478 g/mol. The maximum absolute atomic E-state index is 13.3. The van der Waals surface area contributed by atoms with Crippen LogP contribution in [0, 0.1) is 11.2 Å². The van der Waals surface area contributed by atoms with Gasteiger partial charge in [0.2, 0.25) is 0 Å². The molecule has 2 saturated heterocycles. The molecule has 11 heteroatoms. The van der Waals surface area contributed by atoms with E-state index in [1.54, 1.807) is 4.90 Å². The Morgan fingerprint density at radius 2 is 1.76 bits per heavy atom. The van der Waals surface area contributed by atoms with E-state index < -0.39 is 17.6 Å². The van der Waals surface area contributed by atoms with Crippen LogP contribution in [0.4, 0.5) is 22.4 Å². The lowest BCUT2D eigenvalue weighted by Gasteiger charge is -2.59. The van der Waals surface area contributed by atoms with E-state index in [2.05, 4.69) is 20.5 Å². The number of carbonyl (C=O) groups is 1. The second-order valence-corrected chi connectivity index (χ2v) is 10.4. The van der Waals surface area contributed by atoms with Crippen LogP contribution in [-0.4, -0.2) is 63.2 Å². The van der Waals surface area contributed by atoms with E-state index in [0.717, 1.165) is 49.7 Å². The smallest absolute Gasteiger partial charge is 0.328 e. The molecule has 2 saturated carbocycles. The zero-order valence-electron chi connectivity index (χ0n) is 18.5. The number of halogens is 4. The fourth-order valence-corrected chi connectivity index (χ4v) is 5.53. The number of likely N-dealkylation sites (tertiary alicyclic amines) is 2. The molecule has 1 aromatic carbocycles. The minimum Gasteiger partial charge on any atom is -0.328 e. The van der Waals surface area contributed by atoms with Crippen LogP contribution in [0.3, 0.4) is 0 Å². The van der Waals surface area contributed by atoms with Gasteiger partial charge in [-0.05, 0) is 43.4 Å². The topological polar surface area (TPSA) is 77.2 Å². The molecule has 2 amide bonds. The second-order valence-electron chi connectivity index (χ2n) is 10.4. The van der Waals surface area contributed by atoms with E-state index in [-0.39, 0.29) is 29.6 Å². The maximum Gasteiger partial charge on any atom is 0.416 e. The molecular formula is C23H26F4N6O. The van der Waals surface area contributed by atoms with Gasteiger partial charge in [-0.1, -0.05) is 6.07 Å². The lowest BCUT2D eigenvalue weighted by atomic mass is 9.57. The number of hydrogen-bond acceptors (Lipinski definition) is 4. The molecule has 6 rings (SSSR count). The lowest BCUT2D eigenvalue weighted by Crippen LogP contribution is -2.69. The summed E-state index contributed by atoms with van der Waals surface area (Å²) in [7, 11) is 0. The molecule has 0 radical (unpaired) electrons. The highest BCUT2D eigenvalue weighted by Crippen LogP contribution is 2.55. The molecule has 2 aliphatic carbocycles. The molecule has 0 atom stereocenters. The fourth-order valence-electron chi connectivity index (χ4n) is 5.53. The Morgan fingerprint density at radius 1 is 1.09 bits per heavy atom. The number of alkyl halides is 3. The zero-order valence-corrected chi connectivity index (χ0v) is 18.5. The number of carbonyl (C=O) groups excluding carboxylic acids is 1. The number of amides is 2. The van der Waals surface area contributed by atoms with Gasteiger partial charge in [-0.3, -0.25) is 0 Å². The first-order chi connectivity index (χ1) is 16.2. The van der Waals surface area contributed by atoms with E-state index in [4.69, 9.17) is 0 Å². The molecule has 2 aliphatic heterocycles. The SMILES string of the molecule is O=C(N1CC(NCc2ccc(F)cc2C(F)(F)F)C1)N1CC2(CC(c3nnc(C4CC4)[nH]3)C2)C1. The van der Waals surface area contributed by atoms with Crippen molar-refractivity contribution in [2.45, 2.75) is 56.3 Å². The van der Waals surface area contributed by atoms with Gasteiger partial charge in [0.15, 0.2) is 0 Å². The van der Waals surface area contributed by atoms with Crippen LogP contribution < -0.4 is 5.32 Å². The third-order valence-electron chi connectivity index (χ3n) is 7.66. The maximum atomic E-state index is 13.3. The summed E-state index contributed by atoms with van der Waals surface area (Å²) >= 11 is 0. The van der Waals surface area contributed by atoms with Crippen LogP contribution in [0.5, 0.6) is 0 Å². The first-order valence-electron chi connectivity index (χ1n) is 11.7. The van der Waals surface area contributed by atoms with Crippen LogP contribution in [0.2, 0.25) is 0 Å². The number of rotatable bonds is 5. The number of nitrogens with zero attached hydrogens (tertiary/aromatic N) is 4. The molecular weight excluding hydrogens is 452 g/mol. The van der Waals surface area contributed by atoms with Crippen molar-refractivity contribution in [2.24, 2.45) is 5.41 Å². The number of benzene rings is 1. The summed E-state index contributed by atoms with van der Waals surface area (Å²) in [6.45, 7) is 2.36. The molecule has 4 fully saturated rings. The number of H-pyrrole nitrogens is 1. The summed E-state index contributed by atoms with van der Waals surface area (Å²) in [6, 6.07) is 2.62. The number of aromatic amines is 1. The number of hydrogen-bond donors (Lipinski definition) is 2. The van der Waals surface area contributed by atoms with Crippen molar-refractivity contribution in [1.29, 1.82) is 0 Å². The molecule has 0 bridgehead atoms. The van der Waals surface area contributed by atoms with Gasteiger partial charge < -0.3 is 20.1 Å². The van der Waals surface area contributed by atoms with Crippen molar-refractivity contribution in [1.82, 2.24) is 30.3 Å². The highest BCUT2D eigenvalue weighted by atomic mass is 19.4. The Morgan fingerprint density at radius 3 is 2.41 bits per heavy atom. The second kappa shape index (κ2) is 7.66. The predicted octanol–water partition coefficient (Wildman–Crippen LogP) is 3.61. The number of nitrogens with one attached hydrogen (secondary N) is 2. The van der Waals surface area contributed by atoms with Crippen LogP contribution in [0.15, 0.2) is 18.2 Å². The van der Waals surface area contributed by atoms with Gasteiger partial charge in [0.1, 0.15) is 17.5 Å². The minimum atomic E-state index is -4.61. The van der Waals surface area contributed by atoms with Gasteiger partial charge in [0, 0.05) is 56.0 Å². The first kappa shape index (κ1) is 21.8. The van der Waals surface area contributed by atoms with E-state index in [0.29, 0.717) is 31.0 Å². The van der Waals surface area contributed by atoms with Crippen molar-refractivity contribution in [3.63, 3.8) is 0 Å². The summed E-state index contributed by atoms with van der Waals surface area (Å²) in [6.07, 6.45) is -0.206. The van der Waals surface area contributed by atoms with E-state index in [1.807, 2.05) is 4.90 Å². The molecule has 2 aromatic rings. The average Bonchev–Trinajstić information content (AvgIpc) is 3.43. The summed E-state index contributed by atoms with van der Waals surface area (Å²) < 4.78 is 52.7. The first-order valence-corrected chi connectivity index (χ1v) is 11.7. The van der Waals surface area contributed by atoms with Crippen molar-refractivity contribution >= 4 is 6.03 Å². The Balaban J connectivity index is 0.941. The van der Waals surface area contributed by atoms with Crippen molar-refractivity contribution < 1.29 is 22.4 Å². The van der Waals surface area contributed by atoms with E-state index in [9.17, 15) is 22.4 Å². The normalized spacial score (nSPS) is 22.5. The number of aromatic nitrogens is 3. The Hall–Kier alpha value is -2.69. The molecule has 0 unspecified atom stereocenters. The van der Waals surface area contributed by atoms with Crippen molar-refractivity contribution in [3.8, 4) is 0 Å². The molecule has 1 spiro atoms. The molecule has 34 heavy (non-hydrogen) atoms. The Labute approximate surface area is 193 Å². The van der Waals surface area contributed by atoms with Crippen LogP contribution in [0.25, 0.3) is 0 Å². The van der Waals surface area contributed by atoms with Gasteiger partial charge in [-0.15, -0.1) is 10.2 Å². The van der Waals surface area contributed by atoms with Crippen LogP contribution in [-0.2, 0) is 12.7 Å². The summed E-state index contributed by atoms with van der Waals surface area (Å²) in [5.74, 6) is 2.03. The largest absolute Gasteiger partial charge is 0.416 e. The summed E-state index contributed by atoms with van der Waals surface area (Å²) in [5, 5.41) is 11.6. The van der Waals surface area contributed by atoms with E-state index >= 15 is 0 Å². The van der Waals surface area contributed by atoms with Gasteiger partial charge in [0.05, 0.1) is 5.56 Å². The number of urea groups is 1. The molecule has 1 aromatic heterocycles. The quantitative estimate of drug-likeness (QED) is 0.644. The molecule has 182 valence electrons. The predicted molar refractivity (Wildman–Crippen MR) is 113 cm³/mol. The third-order valence-corrected chi connectivity index (χ3v) is 7.66. The fraction of sp³-hybridized carbons (Fsp3) is 0.609. The Bertz CT molecular complexity index is 1090. The molecule has 2 N–H and O–H groups in total. The van der Waals surface area contributed by atoms with Gasteiger partial charge in [-0.25, -0.2) is 9.18 Å². The zero-order chi connectivity index (χ0) is 23.7. The van der Waals surface area contributed by atoms with Crippen molar-refractivity contribution in [3.05, 3.63) is 46.8 Å². The molecule has 3 heterocycles. The van der Waals surface area contributed by atoms with E-state index in [1.165, 1.54) is 12.8 Å².